The molecule has 0 fully saturated rings. The molecule has 3 nitrogen and oxygen atoms in total. The molecule has 0 aliphatic carbocycles. The number of rotatable bonds is 2. The Labute approximate surface area is 74.0 Å². The molecule has 0 aliphatic heterocycles. The lowest BCUT2D eigenvalue weighted by molar-refractivity contribution is 0.299. The highest BCUT2D eigenvalue weighted by molar-refractivity contribution is 6.31. The van der Waals surface area contributed by atoms with Gasteiger partial charge < -0.3 is 5.11 Å². The summed E-state index contributed by atoms with van der Waals surface area (Å²) in [5.41, 5.74) is 0.717. The lowest BCUT2D eigenvalue weighted by atomic mass is 10.2. The van der Waals surface area contributed by atoms with E-state index in [2.05, 4.69) is 10.2 Å². The fourth-order valence-electron chi connectivity index (χ4n) is 0.684. The molecule has 0 aliphatic rings. The molecular weight excluding hydrogens is 187 g/mol. The smallest absolute Gasteiger partial charge is 0.155 e. The maximum Gasteiger partial charge on any atom is 0.155 e. The number of hydrogen-bond acceptors (Lipinski definition) is 3. The molecule has 0 saturated heterocycles. The number of hydrogen-bond donors (Lipinski definition) is 1. The first-order chi connectivity index (χ1) is 5.24. The third-order valence-electron chi connectivity index (χ3n) is 1.17. The normalized spacial score (nSPS) is 10.1. The first-order valence-corrected chi connectivity index (χ1v) is 3.78. The van der Waals surface area contributed by atoms with Crippen molar-refractivity contribution in [3.8, 4) is 0 Å². The standard InChI is InChI=1S/C6H6Cl2N2O/c7-5-3-4(1-2-11)6(8)10-9-5/h3,11H,1-2H2. The highest BCUT2D eigenvalue weighted by Crippen LogP contribution is 2.15. The van der Waals surface area contributed by atoms with Crippen LogP contribution >= 0.6 is 23.2 Å². The van der Waals surface area contributed by atoms with Gasteiger partial charge in [0, 0.05) is 6.61 Å². The summed E-state index contributed by atoms with van der Waals surface area (Å²) >= 11 is 11.2. The van der Waals surface area contributed by atoms with E-state index in [4.69, 9.17) is 28.3 Å². The summed E-state index contributed by atoms with van der Waals surface area (Å²) in [7, 11) is 0. The van der Waals surface area contributed by atoms with Gasteiger partial charge in [-0.05, 0) is 18.1 Å². The highest BCUT2D eigenvalue weighted by atomic mass is 35.5. The first-order valence-electron chi connectivity index (χ1n) is 3.02. The maximum absolute atomic E-state index is 8.59. The van der Waals surface area contributed by atoms with E-state index >= 15 is 0 Å². The van der Waals surface area contributed by atoms with Crippen molar-refractivity contribution in [1.29, 1.82) is 0 Å². The number of halogens is 2. The minimum atomic E-state index is 0.0295. The van der Waals surface area contributed by atoms with Crippen LogP contribution in [0.4, 0.5) is 0 Å². The Bertz CT molecular complexity index is 254. The predicted molar refractivity (Wildman–Crippen MR) is 42.8 cm³/mol. The number of aromatic nitrogens is 2. The second kappa shape index (κ2) is 3.85. The van der Waals surface area contributed by atoms with Gasteiger partial charge in [-0.2, -0.15) is 0 Å². The fraction of sp³-hybridized carbons (Fsp3) is 0.333. The molecule has 0 unspecified atom stereocenters. The number of nitrogens with zero attached hydrogens (tertiary/aromatic N) is 2. The van der Waals surface area contributed by atoms with Crippen LogP contribution in [0, 0.1) is 0 Å². The van der Waals surface area contributed by atoms with Crippen LogP contribution in [0.5, 0.6) is 0 Å². The third kappa shape index (κ3) is 2.29. The minimum absolute atomic E-state index is 0.0295. The summed E-state index contributed by atoms with van der Waals surface area (Å²) in [5, 5.41) is 16.3. The van der Waals surface area contributed by atoms with E-state index in [9.17, 15) is 0 Å². The van der Waals surface area contributed by atoms with Crippen LogP contribution in [0.1, 0.15) is 5.56 Å². The van der Waals surface area contributed by atoms with E-state index < -0.39 is 0 Å². The molecule has 11 heavy (non-hydrogen) atoms. The molecule has 1 N–H and O–H groups in total. The Kier molecular flexibility index (Phi) is 3.05. The molecular formula is C6H6Cl2N2O. The monoisotopic (exact) mass is 192 g/mol. The van der Waals surface area contributed by atoms with Crippen molar-refractivity contribution in [3.63, 3.8) is 0 Å². The van der Waals surface area contributed by atoms with Gasteiger partial charge in [-0.25, -0.2) is 0 Å². The summed E-state index contributed by atoms with van der Waals surface area (Å²) in [5.74, 6) is 0. The van der Waals surface area contributed by atoms with Gasteiger partial charge in [0.25, 0.3) is 0 Å². The minimum Gasteiger partial charge on any atom is -0.396 e. The van der Waals surface area contributed by atoms with E-state index in [1.165, 1.54) is 0 Å². The van der Waals surface area contributed by atoms with Gasteiger partial charge in [0.2, 0.25) is 0 Å². The predicted octanol–water partition coefficient (Wildman–Crippen LogP) is 1.32. The molecule has 1 heterocycles. The lowest BCUT2D eigenvalue weighted by Crippen LogP contribution is -1.95. The van der Waals surface area contributed by atoms with Crippen LogP contribution in [0.3, 0.4) is 0 Å². The SMILES string of the molecule is OCCc1cc(Cl)nnc1Cl. The van der Waals surface area contributed by atoms with Crippen LogP contribution in [0.15, 0.2) is 6.07 Å². The van der Waals surface area contributed by atoms with Crippen LogP contribution in [0.2, 0.25) is 10.3 Å². The van der Waals surface area contributed by atoms with Crippen molar-refractivity contribution in [2.45, 2.75) is 6.42 Å². The average molecular weight is 193 g/mol. The van der Waals surface area contributed by atoms with Crippen molar-refractivity contribution in [3.05, 3.63) is 21.9 Å². The lowest BCUT2D eigenvalue weighted by Gasteiger charge is -1.98. The molecule has 0 atom stereocenters. The van der Waals surface area contributed by atoms with Crippen LogP contribution in [0.25, 0.3) is 0 Å². The van der Waals surface area contributed by atoms with E-state index in [0.717, 1.165) is 0 Å². The van der Waals surface area contributed by atoms with Crippen molar-refractivity contribution in [2.75, 3.05) is 6.61 Å². The topological polar surface area (TPSA) is 46.0 Å². The van der Waals surface area contributed by atoms with Crippen LogP contribution < -0.4 is 0 Å². The molecule has 1 aromatic heterocycles. The molecule has 5 heteroatoms. The number of aliphatic hydroxyl groups is 1. The van der Waals surface area contributed by atoms with Gasteiger partial charge in [-0.1, -0.05) is 23.2 Å². The highest BCUT2D eigenvalue weighted by Gasteiger charge is 2.02. The molecule has 0 spiro atoms. The van der Waals surface area contributed by atoms with Gasteiger partial charge >= 0.3 is 0 Å². The van der Waals surface area contributed by atoms with Crippen molar-refractivity contribution >= 4 is 23.2 Å². The molecule has 60 valence electrons. The maximum atomic E-state index is 8.59. The van der Waals surface area contributed by atoms with E-state index in [-0.39, 0.29) is 11.8 Å². The molecule has 0 bridgehead atoms. The number of aliphatic hydroxyl groups excluding tert-OH is 1. The molecule has 0 aromatic carbocycles. The average Bonchev–Trinajstić information content (AvgIpc) is 1.98. The summed E-state index contributed by atoms with van der Waals surface area (Å²) in [6.45, 7) is 0.0295. The van der Waals surface area contributed by atoms with Gasteiger partial charge in [0.1, 0.15) is 0 Å². The second-order valence-electron chi connectivity index (χ2n) is 1.96. The Morgan fingerprint density at radius 3 is 2.73 bits per heavy atom. The Morgan fingerprint density at radius 1 is 1.36 bits per heavy atom. The zero-order chi connectivity index (χ0) is 8.27. The van der Waals surface area contributed by atoms with Gasteiger partial charge in [0.05, 0.1) is 0 Å². The van der Waals surface area contributed by atoms with Crippen molar-refractivity contribution in [2.24, 2.45) is 0 Å². The zero-order valence-electron chi connectivity index (χ0n) is 5.59. The summed E-state index contributed by atoms with van der Waals surface area (Å²) < 4.78 is 0. The molecule has 0 amide bonds. The Morgan fingerprint density at radius 2 is 2.09 bits per heavy atom. The van der Waals surface area contributed by atoms with Crippen molar-refractivity contribution < 1.29 is 5.11 Å². The zero-order valence-corrected chi connectivity index (χ0v) is 7.10. The first kappa shape index (κ1) is 8.71. The fourth-order valence-corrected chi connectivity index (χ4v) is 1.04. The summed E-state index contributed by atoms with van der Waals surface area (Å²) in [4.78, 5) is 0. The molecule has 0 saturated carbocycles. The summed E-state index contributed by atoms with van der Waals surface area (Å²) in [6.07, 6.45) is 0.452. The quantitative estimate of drug-likeness (QED) is 0.770. The Hall–Kier alpha value is -0.380. The molecule has 1 rings (SSSR count). The third-order valence-corrected chi connectivity index (χ3v) is 1.68. The summed E-state index contributed by atoms with van der Waals surface area (Å²) in [6, 6.07) is 1.59. The van der Waals surface area contributed by atoms with E-state index in [0.29, 0.717) is 17.1 Å². The molecule has 0 radical (unpaired) electrons. The van der Waals surface area contributed by atoms with Gasteiger partial charge in [-0.3, -0.25) is 0 Å². The van der Waals surface area contributed by atoms with E-state index in [1.807, 2.05) is 0 Å². The van der Waals surface area contributed by atoms with Crippen LogP contribution in [-0.2, 0) is 6.42 Å². The van der Waals surface area contributed by atoms with Crippen LogP contribution in [-0.4, -0.2) is 21.9 Å². The van der Waals surface area contributed by atoms with Gasteiger partial charge in [0.15, 0.2) is 10.3 Å². The molecule has 1 aromatic rings. The van der Waals surface area contributed by atoms with E-state index in [1.54, 1.807) is 6.07 Å². The van der Waals surface area contributed by atoms with Gasteiger partial charge in [-0.15, -0.1) is 10.2 Å². The largest absolute Gasteiger partial charge is 0.396 e. The Balaban J connectivity index is 2.93. The second-order valence-corrected chi connectivity index (χ2v) is 2.70. The van der Waals surface area contributed by atoms with Crippen molar-refractivity contribution in [1.82, 2.24) is 10.2 Å².